The molecule has 22 heavy (non-hydrogen) atoms. The zero-order valence-corrected chi connectivity index (χ0v) is 14.2. The van der Waals surface area contributed by atoms with Gasteiger partial charge in [-0.15, -0.1) is 0 Å². The molecule has 0 atom stereocenters. The minimum Gasteiger partial charge on any atom is -0.457 e. The molecule has 0 spiro atoms. The molecule has 0 radical (unpaired) electrons. The number of fused-ring (bicyclic) bond motifs is 1. The number of ether oxygens (including phenoxy) is 1. The van der Waals surface area contributed by atoms with Crippen molar-refractivity contribution in [2.45, 2.75) is 26.0 Å². The molecule has 0 saturated carbocycles. The molecular formula is C14H17NO5S2. The molecule has 1 aliphatic rings. The zero-order chi connectivity index (χ0) is 16.4. The zero-order valence-electron chi connectivity index (χ0n) is 12.5. The molecule has 2 rings (SSSR count). The van der Waals surface area contributed by atoms with Crippen LogP contribution in [0.25, 0.3) is 0 Å². The SMILES string of the molecule is CSCC(C)(C)N=CS(=O)(=O)Oc1cccc2c1COC2=O. The standard InChI is InChI=1S/C14H17NO5S2/c1-14(2,8-21-3)15-9-22(17,18)20-12-6-4-5-10-11(12)7-19-13(10)16/h4-6,9H,7-8H2,1-3H3. The number of esters is 1. The third kappa shape index (κ3) is 4.01. The molecule has 0 unspecified atom stereocenters. The second-order valence-corrected chi connectivity index (χ2v) is 7.64. The van der Waals surface area contributed by atoms with Crippen molar-refractivity contribution in [2.24, 2.45) is 4.99 Å². The van der Waals surface area contributed by atoms with E-state index in [4.69, 9.17) is 8.92 Å². The summed E-state index contributed by atoms with van der Waals surface area (Å²) in [6.07, 6.45) is 1.92. The van der Waals surface area contributed by atoms with Crippen LogP contribution >= 0.6 is 11.8 Å². The Hall–Kier alpha value is -1.54. The highest BCUT2D eigenvalue weighted by molar-refractivity contribution is 8.00. The molecule has 1 heterocycles. The van der Waals surface area contributed by atoms with E-state index in [0.29, 0.717) is 16.9 Å². The number of hydrogen-bond acceptors (Lipinski definition) is 7. The third-order valence-corrected chi connectivity index (χ3v) is 4.71. The van der Waals surface area contributed by atoms with E-state index >= 15 is 0 Å². The van der Waals surface area contributed by atoms with Crippen molar-refractivity contribution in [3.63, 3.8) is 0 Å². The average Bonchev–Trinajstić information content (AvgIpc) is 2.80. The van der Waals surface area contributed by atoms with Gasteiger partial charge in [-0.1, -0.05) is 6.07 Å². The highest BCUT2D eigenvalue weighted by atomic mass is 32.2. The smallest absolute Gasteiger partial charge is 0.349 e. The number of carbonyl (C=O) groups excluding carboxylic acids is 1. The van der Waals surface area contributed by atoms with Crippen LogP contribution in [0.3, 0.4) is 0 Å². The van der Waals surface area contributed by atoms with Crippen LogP contribution in [0.4, 0.5) is 0 Å². The van der Waals surface area contributed by atoms with Crippen molar-refractivity contribution >= 4 is 33.4 Å². The van der Waals surface area contributed by atoms with Gasteiger partial charge in [0.25, 0.3) is 0 Å². The summed E-state index contributed by atoms with van der Waals surface area (Å²) in [6.45, 7) is 3.68. The molecule has 0 aliphatic carbocycles. The summed E-state index contributed by atoms with van der Waals surface area (Å²) in [4.78, 5) is 15.5. The van der Waals surface area contributed by atoms with Gasteiger partial charge < -0.3 is 8.92 Å². The average molecular weight is 343 g/mol. The predicted octanol–water partition coefficient (Wildman–Crippen LogP) is 2.24. The van der Waals surface area contributed by atoms with Gasteiger partial charge in [0.05, 0.1) is 11.1 Å². The molecule has 1 aromatic rings. The molecule has 6 nitrogen and oxygen atoms in total. The fraction of sp³-hybridized carbons (Fsp3) is 0.429. The maximum atomic E-state index is 12.0. The number of benzene rings is 1. The minimum atomic E-state index is -3.99. The van der Waals surface area contributed by atoms with Gasteiger partial charge >= 0.3 is 16.1 Å². The Labute approximate surface area is 134 Å². The first-order valence-corrected chi connectivity index (χ1v) is 9.38. The molecular weight excluding hydrogens is 326 g/mol. The van der Waals surface area contributed by atoms with Gasteiger partial charge in [0.2, 0.25) is 0 Å². The Morgan fingerprint density at radius 1 is 1.45 bits per heavy atom. The van der Waals surface area contributed by atoms with Gasteiger partial charge in [-0.2, -0.15) is 20.2 Å². The van der Waals surface area contributed by atoms with Crippen LogP contribution in [0.1, 0.15) is 29.8 Å². The van der Waals surface area contributed by atoms with Crippen molar-refractivity contribution in [2.75, 3.05) is 12.0 Å². The van der Waals surface area contributed by atoms with Gasteiger partial charge in [-0.25, -0.2) is 4.79 Å². The lowest BCUT2D eigenvalue weighted by atomic mass is 10.1. The lowest BCUT2D eigenvalue weighted by Crippen LogP contribution is -2.22. The van der Waals surface area contributed by atoms with E-state index < -0.39 is 21.6 Å². The van der Waals surface area contributed by atoms with E-state index in [0.717, 1.165) is 5.55 Å². The lowest BCUT2D eigenvalue weighted by Gasteiger charge is -2.17. The number of aliphatic imine (C=N–C) groups is 1. The van der Waals surface area contributed by atoms with Crippen LogP contribution in [0, 0.1) is 0 Å². The first kappa shape index (κ1) is 16.8. The second-order valence-electron chi connectivity index (χ2n) is 5.41. The van der Waals surface area contributed by atoms with E-state index in [1.807, 2.05) is 20.1 Å². The van der Waals surface area contributed by atoms with Crippen molar-refractivity contribution in [1.82, 2.24) is 0 Å². The van der Waals surface area contributed by atoms with Gasteiger partial charge in [-0.3, -0.25) is 4.99 Å². The molecule has 0 bridgehead atoms. The van der Waals surface area contributed by atoms with Gasteiger partial charge in [0, 0.05) is 11.3 Å². The van der Waals surface area contributed by atoms with Crippen molar-refractivity contribution in [1.29, 1.82) is 0 Å². The van der Waals surface area contributed by atoms with Crippen LogP contribution in [-0.4, -0.2) is 37.5 Å². The molecule has 0 amide bonds. The summed E-state index contributed by atoms with van der Waals surface area (Å²) in [5, 5.41) is 0. The molecule has 0 fully saturated rings. The Balaban J connectivity index is 2.21. The fourth-order valence-corrected chi connectivity index (χ4v) is 3.59. The van der Waals surface area contributed by atoms with Crippen LogP contribution in [0.5, 0.6) is 5.75 Å². The summed E-state index contributed by atoms with van der Waals surface area (Å²) < 4.78 is 34.0. The Kier molecular flexibility index (Phi) is 4.81. The summed E-state index contributed by atoms with van der Waals surface area (Å²) >= 11 is 1.58. The minimum absolute atomic E-state index is 0.00890. The van der Waals surface area contributed by atoms with Crippen LogP contribution in [0.15, 0.2) is 23.2 Å². The third-order valence-electron chi connectivity index (χ3n) is 2.94. The summed E-state index contributed by atoms with van der Waals surface area (Å²) in [7, 11) is -3.99. The largest absolute Gasteiger partial charge is 0.457 e. The quantitative estimate of drug-likeness (QED) is 0.341. The normalized spacial score (nSPS) is 15.0. The molecule has 120 valence electrons. The number of thioether (sulfide) groups is 1. The molecule has 0 aromatic heterocycles. The lowest BCUT2D eigenvalue weighted by molar-refractivity contribution is 0.0534. The number of carbonyl (C=O) groups is 1. The van der Waals surface area contributed by atoms with E-state index in [1.165, 1.54) is 6.07 Å². The Morgan fingerprint density at radius 2 is 2.18 bits per heavy atom. The summed E-state index contributed by atoms with van der Waals surface area (Å²) in [5.41, 5.74) is 1.08. The topological polar surface area (TPSA) is 82.0 Å². The highest BCUT2D eigenvalue weighted by Crippen LogP contribution is 2.29. The number of nitrogens with zero attached hydrogens (tertiary/aromatic N) is 1. The second kappa shape index (κ2) is 6.29. The van der Waals surface area contributed by atoms with E-state index in [-0.39, 0.29) is 12.4 Å². The molecule has 0 N–H and O–H groups in total. The molecule has 8 heteroatoms. The summed E-state index contributed by atoms with van der Waals surface area (Å²) in [5.74, 6) is 0.298. The van der Waals surface area contributed by atoms with Crippen LogP contribution in [0.2, 0.25) is 0 Å². The Morgan fingerprint density at radius 3 is 2.86 bits per heavy atom. The van der Waals surface area contributed by atoms with Crippen LogP contribution < -0.4 is 4.18 Å². The molecule has 1 aromatic carbocycles. The van der Waals surface area contributed by atoms with Crippen molar-refractivity contribution < 1.29 is 22.1 Å². The van der Waals surface area contributed by atoms with Crippen LogP contribution in [-0.2, 0) is 21.5 Å². The monoisotopic (exact) mass is 343 g/mol. The maximum Gasteiger partial charge on any atom is 0.349 e. The Bertz CT molecular complexity index is 710. The van der Waals surface area contributed by atoms with Gasteiger partial charge in [0.15, 0.2) is 11.3 Å². The van der Waals surface area contributed by atoms with Crippen molar-refractivity contribution in [3.8, 4) is 5.75 Å². The number of rotatable bonds is 6. The first-order valence-electron chi connectivity index (χ1n) is 6.52. The summed E-state index contributed by atoms with van der Waals surface area (Å²) in [6, 6.07) is 4.60. The van der Waals surface area contributed by atoms with Crippen molar-refractivity contribution in [3.05, 3.63) is 29.3 Å². The highest BCUT2D eigenvalue weighted by Gasteiger charge is 2.26. The maximum absolute atomic E-state index is 12.0. The number of cyclic esters (lactones) is 1. The van der Waals surface area contributed by atoms with E-state index in [9.17, 15) is 13.2 Å². The van der Waals surface area contributed by atoms with E-state index in [1.54, 1.807) is 23.9 Å². The molecule has 0 saturated heterocycles. The van der Waals surface area contributed by atoms with Gasteiger partial charge in [-0.05, 0) is 32.2 Å². The van der Waals surface area contributed by atoms with E-state index in [2.05, 4.69) is 4.99 Å². The predicted molar refractivity (Wildman–Crippen MR) is 86.1 cm³/mol. The van der Waals surface area contributed by atoms with Gasteiger partial charge in [0.1, 0.15) is 6.61 Å². The fourth-order valence-electron chi connectivity index (χ4n) is 1.94. The molecule has 1 aliphatic heterocycles. The number of hydrogen-bond donors (Lipinski definition) is 0. The first-order chi connectivity index (χ1) is 10.2.